The number of H-pyrrole nitrogens is 1. The highest BCUT2D eigenvalue weighted by atomic mass is 35.5. The van der Waals surface area contributed by atoms with Gasteiger partial charge in [0, 0.05) is 33.4 Å². The highest BCUT2D eigenvalue weighted by Crippen LogP contribution is 2.32. The minimum Gasteiger partial charge on any atom is -0.468 e. The van der Waals surface area contributed by atoms with Crippen molar-refractivity contribution in [3.8, 4) is 17.1 Å². The third-order valence-electron chi connectivity index (χ3n) is 4.54. The number of methoxy groups -OCH3 is 1. The van der Waals surface area contributed by atoms with E-state index in [-0.39, 0.29) is 18.2 Å². The van der Waals surface area contributed by atoms with Gasteiger partial charge in [0.05, 0.1) is 12.9 Å². The molecule has 10 heteroatoms. The Morgan fingerprint density at radius 3 is 2.71 bits per heavy atom. The van der Waals surface area contributed by atoms with Gasteiger partial charge in [0.25, 0.3) is 0 Å². The molecule has 2 N–H and O–H groups in total. The van der Waals surface area contributed by atoms with E-state index >= 15 is 0 Å². The Morgan fingerprint density at radius 1 is 1.16 bits per heavy atom. The standard InChI is InChI=1S/C21H18ClN5O3S/c1-30-19(29)11-24-18(28)12-31-21-26-25-20(27(21)14-8-6-13(22)7-9-14)16-10-23-17-5-3-2-4-15(16)17/h2-10,23H,11-12H2,1H3,(H,24,28). The highest BCUT2D eigenvalue weighted by molar-refractivity contribution is 7.99. The number of carbonyl (C=O) groups excluding carboxylic acids is 2. The maximum Gasteiger partial charge on any atom is 0.325 e. The molecule has 0 aliphatic carbocycles. The van der Waals surface area contributed by atoms with Gasteiger partial charge in [0.15, 0.2) is 11.0 Å². The molecule has 0 atom stereocenters. The van der Waals surface area contributed by atoms with Gasteiger partial charge in [-0.1, -0.05) is 41.6 Å². The minimum atomic E-state index is -0.510. The molecule has 4 rings (SSSR count). The van der Waals surface area contributed by atoms with Crippen LogP contribution in [0.15, 0.2) is 59.9 Å². The zero-order valence-electron chi connectivity index (χ0n) is 16.5. The molecule has 8 nitrogen and oxygen atoms in total. The second kappa shape index (κ2) is 9.23. The molecule has 158 valence electrons. The Labute approximate surface area is 187 Å². The molecule has 2 aromatic carbocycles. The predicted octanol–water partition coefficient (Wildman–Crippen LogP) is 3.45. The maximum absolute atomic E-state index is 12.1. The van der Waals surface area contributed by atoms with Gasteiger partial charge in [-0.05, 0) is 30.3 Å². The van der Waals surface area contributed by atoms with Crippen LogP contribution < -0.4 is 5.32 Å². The predicted molar refractivity (Wildman–Crippen MR) is 119 cm³/mol. The van der Waals surface area contributed by atoms with Crippen molar-refractivity contribution in [1.82, 2.24) is 25.1 Å². The molecule has 0 radical (unpaired) electrons. The van der Waals surface area contributed by atoms with Crippen LogP contribution in [0.3, 0.4) is 0 Å². The van der Waals surface area contributed by atoms with Crippen LogP contribution in [0.5, 0.6) is 0 Å². The first-order valence-corrected chi connectivity index (χ1v) is 10.7. The number of benzene rings is 2. The Balaban J connectivity index is 1.67. The second-order valence-electron chi connectivity index (χ2n) is 6.51. The van der Waals surface area contributed by atoms with Crippen LogP contribution in [0.2, 0.25) is 5.02 Å². The summed E-state index contributed by atoms with van der Waals surface area (Å²) in [4.78, 5) is 26.6. The fraction of sp³-hybridized carbons (Fsp3) is 0.143. The number of esters is 1. The normalized spacial score (nSPS) is 10.9. The summed E-state index contributed by atoms with van der Waals surface area (Å²) in [5.41, 5.74) is 2.69. The largest absolute Gasteiger partial charge is 0.468 e. The van der Waals surface area contributed by atoms with Gasteiger partial charge in [-0.25, -0.2) is 0 Å². The molecular weight excluding hydrogens is 438 g/mol. The van der Waals surface area contributed by atoms with E-state index in [2.05, 4.69) is 25.2 Å². The summed E-state index contributed by atoms with van der Waals surface area (Å²) >= 11 is 7.28. The van der Waals surface area contributed by atoms with Gasteiger partial charge in [-0.2, -0.15) is 0 Å². The molecule has 4 aromatic rings. The van der Waals surface area contributed by atoms with E-state index in [0.717, 1.165) is 22.2 Å². The smallest absolute Gasteiger partial charge is 0.325 e. The number of aromatic amines is 1. The molecule has 0 aliphatic heterocycles. The van der Waals surface area contributed by atoms with Crippen LogP contribution in [-0.2, 0) is 14.3 Å². The molecule has 0 unspecified atom stereocenters. The summed E-state index contributed by atoms with van der Waals surface area (Å²) < 4.78 is 6.41. The number of ether oxygens (including phenoxy) is 1. The summed E-state index contributed by atoms with van der Waals surface area (Å²) in [5.74, 6) is -0.118. The molecule has 2 heterocycles. The van der Waals surface area contributed by atoms with Crippen molar-refractivity contribution < 1.29 is 14.3 Å². The topological polar surface area (TPSA) is 102 Å². The number of para-hydroxylation sites is 1. The molecule has 2 aromatic heterocycles. The Morgan fingerprint density at radius 2 is 1.94 bits per heavy atom. The monoisotopic (exact) mass is 455 g/mol. The van der Waals surface area contributed by atoms with Crippen molar-refractivity contribution in [1.29, 1.82) is 0 Å². The lowest BCUT2D eigenvalue weighted by molar-refractivity contribution is -0.140. The fourth-order valence-electron chi connectivity index (χ4n) is 3.04. The number of halogens is 1. The van der Waals surface area contributed by atoms with Crippen molar-refractivity contribution in [2.24, 2.45) is 0 Å². The van der Waals surface area contributed by atoms with Crippen LogP contribution in [-0.4, -0.2) is 51.0 Å². The van der Waals surface area contributed by atoms with Gasteiger partial charge in [0.1, 0.15) is 6.54 Å². The Hall–Kier alpha value is -3.30. The SMILES string of the molecule is COC(=O)CNC(=O)CSc1nnc(-c2c[nH]c3ccccc23)n1-c1ccc(Cl)cc1. The molecule has 1 amide bonds. The zero-order chi connectivity index (χ0) is 21.8. The van der Waals surface area contributed by atoms with E-state index in [1.807, 2.05) is 47.2 Å². The highest BCUT2D eigenvalue weighted by Gasteiger charge is 2.20. The average Bonchev–Trinajstić information content (AvgIpc) is 3.40. The summed E-state index contributed by atoms with van der Waals surface area (Å²) in [6.07, 6.45) is 1.89. The molecule has 31 heavy (non-hydrogen) atoms. The number of rotatable bonds is 7. The minimum absolute atomic E-state index is 0.0661. The van der Waals surface area contributed by atoms with E-state index in [1.165, 1.54) is 18.9 Å². The number of nitrogens with one attached hydrogen (secondary N) is 2. The van der Waals surface area contributed by atoms with E-state index in [0.29, 0.717) is 16.0 Å². The van der Waals surface area contributed by atoms with Gasteiger partial charge in [-0.15, -0.1) is 10.2 Å². The molecule has 0 spiro atoms. The van der Waals surface area contributed by atoms with Crippen molar-refractivity contribution in [2.45, 2.75) is 5.16 Å². The number of amides is 1. The molecule has 0 aliphatic rings. The van der Waals surface area contributed by atoms with Crippen LogP contribution >= 0.6 is 23.4 Å². The molecular formula is C21H18ClN5O3S. The number of hydrogen-bond donors (Lipinski definition) is 2. The number of carbonyl (C=O) groups is 2. The lowest BCUT2D eigenvalue weighted by Gasteiger charge is -2.10. The molecule has 0 bridgehead atoms. The van der Waals surface area contributed by atoms with E-state index in [4.69, 9.17) is 11.6 Å². The first-order chi connectivity index (χ1) is 15.1. The Bertz CT molecular complexity index is 1240. The lowest BCUT2D eigenvalue weighted by atomic mass is 10.1. The van der Waals surface area contributed by atoms with Gasteiger partial charge in [-0.3, -0.25) is 14.2 Å². The number of hydrogen-bond acceptors (Lipinski definition) is 6. The van der Waals surface area contributed by atoms with E-state index in [9.17, 15) is 9.59 Å². The third kappa shape index (κ3) is 4.57. The van der Waals surface area contributed by atoms with Crippen LogP contribution in [0.25, 0.3) is 28.0 Å². The van der Waals surface area contributed by atoms with E-state index < -0.39 is 5.97 Å². The average molecular weight is 456 g/mol. The van der Waals surface area contributed by atoms with Crippen LogP contribution in [0.4, 0.5) is 0 Å². The zero-order valence-corrected chi connectivity index (χ0v) is 18.0. The van der Waals surface area contributed by atoms with Crippen molar-refractivity contribution in [2.75, 3.05) is 19.4 Å². The molecule has 0 saturated carbocycles. The summed E-state index contributed by atoms with van der Waals surface area (Å²) in [5, 5.41) is 13.4. The fourth-order valence-corrected chi connectivity index (χ4v) is 3.95. The number of aromatic nitrogens is 4. The van der Waals surface area contributed by atoms with Crippen LogP contribution in [0, 0.1) is 0 Å². The van der Waals surface area contributed by atoms with Crippen LogP contribution in [0.1, 0.15) is 0 Å². The summed E-state index contributed by atoms with van der Waals surface area (Å²) in [6, 6.07) is 15.2. The number of fused-ring (bicyclic) bond motifs is 1. The van der Waals surface area contributed by atoms with Gasteiger partial charge in [0.2, 0.25) is 5.91 Å². The van der Waals surface area contributed by atoms with E-state index in [1.54, 1.807) is 12.1 Å². The summed E-state index contributed by atoms with van der Waals surface area (Å²) in [7, 11) is 1.27. The van der Waals surface area contributed by atoms with Gasteiger partial charge < -0.3 is 15.0 Å². The first kappa shape index (κ1) is 21.0. The van der Waals surface area contributed by atoms with Crippen molar-refractivity contribution in [3.05, 3.63) is 59.8 Å². The third-order valence-corrected chi connectivity index (χ3v) is 5.72. The van der Waals surface area contributed by atoms with Crippen molar-refractivity contribution >= 4 is 46.1 Å². The first-order valence-electron chi connectivity index (χ1n) is 9.31. The Kier molecular flexibility index (Phi) is 6.24. The second-order valence-corrected chi connectivity index (χ2v) is 7.89. The quantitative estimate of drug-likeness (QED) is 0.327. The van der Waals surface area contributed by atoms with Crippen molar-refractivity contribution in [3.63, 3.8) is 0 Å². The summed E-state index contributed by atoms with van der Waals surface area (Å²) in [6.45, 7) is -0.180. The lowest BCUT2D eigenvalue weighted by Crippen LogP contribution is -2.31. The molecule has 0 fully saturated rings. The van der Waals surface area contributed by atoms with Gasteiger partial charge >= 0.3 is 5.97 Å². The number of thioether (sulfide) groups is 1. The maximum atomic E-state index is 12.1. The molecule has 0 saturated heterocycles. The number of nitrogens with zero attached hydrogens (tertiary/aromatic N) is 3.